The molecule has 0 heterocycles. The monoisotopic (exact) mass is 321 g/mol. The summed E-state index contributed by atoms with van der Waals surface area (Å²) in [4.78, 5) is 2.54. The summed E-state index contributed by atoms with van der Waals surface area (Å²) in [5, 5.41) is 0. The Bertz CT molecular complexity index is 636. The van der Waals surface area contributed by atoms with Crippen LogP contribution in [0.1, 0.15) is 62.6 Å². The van der Waals surface area contributed by atoms with E-state index >= 15 is 0 Å². The highest BCUT2D eigenvalue weighted by Gasteiger charge is 2.28. The molecule has 0 radical (unpaired) electrons. The molecule has 1 heteroatoms. The van der Waals surface area contributed by atoms with Crippen LogP contribution in [0, 0.1) is 0 Å². The number of hydrogen-bond acceptors (Lipinski definition) is 1. The fourth-order valence-electron chi connectivity index (χ4n) is 3.92. The van der Waals surface area contributed by atoms with Crippen molar-refractivity contribution in [1.82, 2.24) is 4.90 Å². The summed E-state index contributed by atoms with van der Waals surface area (Å²) in [5.74, 6) is 0.724. The molecule has 0 bridgehead atoms. The van der Waals surface area contributed by atoms with Gasteiger partial charge < -0.3 is 0 Å². The highest BCUT2D eigenvalue weighted by Crippen LogP contribution is 2.37. The summed E-state index contributed by atoms with van der Waals surface area (Å²) in [7, 11) is 2.28. The van der Waals surface area contributed by atoms with Crippen molar-refractivity contribution in [2.75, 3.05) is 7.05 Å². The van der Waals surface area contributed by atoms with Crippen LogP contribution in [-0.4, -0.2) is 18.0 Å². The van der Waals surface area contributed by atoms with Crippen LogP contribution in [0.3, 0.4) is 0 Å². The lowest BCUT2D eigenvalue weighted by Gasteiger charge is -2.25. The lowest BCUT2D eigenvalue weighted by Crippen LogP contribution is -2.28. The first-order chi connectivity index (χ1) is 11.4. The van der Waals surface area contributed by atoms with Crippen LogP contribution in [0.5, 0.6) is 0 Å². The van der Waals surface area contributed by atoms with Crippen LogP contribution in [0.15, 0.2) is 54.6 Å². The van der Waals surface area contributed by atoms with Crippen molar-refractivity contribution in [3.05, 3.63) is 71.3 Å². The second-order valence-electron chi connectivity index (χ2n) is 8.44. The fourth-order valence-corrected chi connectivity index (χ4v) is 3.92. The van der Waals surface area contributed by atoms with E-state index in [1.165, 1.54) is 36.0 Å². The topological polar surface area (TPSA) is 3.24 Å². The van der Waals surface area contributed by atoms with E-state index in [9.17, 15) is 0 Å². The van der Waals surface area contributed by atoms with E-state index in [-0.39, 0.29) is 5.41 Å². The smallest absolute Gasteiger partial charge is 0.0233 e. The lowest BCUT2D eigenvalue weighted by molar-refractivity contribution is 0.235. The average molecular weight is 322 g/mol. The standard InChI is InChI=1S/C23H31N/c1-23(2,3)21-13-10-19(11-14-21)20-12-15-22(16-20)24(4)17-18-8-6-5-7-9-18/h5-11,13-14,20,22H,12,15-17H2,1-4H3. The third kappa shape index (κ3) is 4.08. The van der Waals surface area contributed by atoms with E-state index in [4.69, 9.17) is 0 Å². The summed E-state index contributed by atoms with van der Waals surface area (Å²) in [5.41, 5.74) is 4.62. The molecule has 0 aromatic heterocycles. The Morgan fingerprint density at radius 1 is 0.917 bits per heavy atom. The van der Waals surface area contributed by atoms with Gasteiger partial charge in [0.1, 0.15) is 0 Å². The predicted octanol–water partition coefficient (Wildman–Crippen LogP) is 5.75. The molecule has 1 fully saturated rings. The maximum absolute atomic E-state index is 2.54. The van der Waals surface area contributed by atoms with Crippen LogP contribution in [0.2, 0.25) is 0 Å². The minimum absolute atomic E-state index is 0.243. The van der Waals surface area contributed by atoms with Gasteiger partial charge in [0.25, 0.3) is 0 Å². The first-order valence-electron chi connectivity index (χ1n) is 9.28. The van der Waals surface area contributed by atoms with Gasteiger partial charge in [-0.3, -0.25) is 4.90 Å². The zero-order valence-electron chi connectivity index (χ0n) is 15.6. The molecule has 1 aliphatic carbocycles. The third-order valence-corrected chi connectivity index (χ3v) is 5.55. The van der Waals surface area contributed by atoms with Crippen molar-refractivity contribution in [2.45, 2.75) is 64.0 Å². The van der Waals surface area contributed by atoms with Gasteiger partial charge in [0.2, 0.25) is 0 Å². The number of hydrogen-bond donors (Lipinski definition) is 0. The Labute approximate surface area is 147 Å². The minimum Gasteiger partial charge on any atom is -0.299 e. The van der Waals surface area contributed by atoms with Crippen LogP contribution in [-0.2, 0) is 12.0 Å². The van der Waals surface area contributed by atoms with Crippen LogP contribution >= 0.6 is 0 Å². The van der Waals surface area contributed by atoms with Gasteiger partial charge in [0.05, 0.1) is 0 Å². The molecular weight excluding hydrogens is 290 g/mol. The van der Waals surface area contributed by atoms with Gasteiger partial charge in [-0.25, -0.2) is 0 Å². The molecular formula is C23H31N. The van der Waals surface area contributed by atoms with Gasteiger partial charge in [-0.05, 0) is 54.3 Å². The summed E-state index contributed by atoms with van der Waals surface area (Å²) in [6, 6.07) is 20.9. The van der Waals surface area contributed by atoms with E-state index in [1.807, 2.05) is 0 Å². The highest BCUT2D eigenvalue weighted by molar-refractivity contribution is 5.30. The van der Waals surface area contributed by atoms with Crippen LogP contribution in [0.4, 0.5) is 0 Å². The SMILES string of the molecule is CN(Cc1ccccc1)C1CCC(c2ccc(C(C)(C)C)cc2)C1. The Balaban J connectivity index is 1.60. The van der Waals surface area contributed by atoms with Crippen molar-refractivity contribution in [1.29, 1.82) is 0 Å². The Morgan fingerprint density at radius 3 is 2.21 bits per heavy atom. The Kier molecular flexibility index (Phi) is 5.10. The number of rotatable bonds is 4. The lowest BCUT2D eigenvalue weighted by atomic mass is 9.85. The summed E-state index contributed by atoms with van der Waals surface area (Å²) < 4.78 is 0. The van der Waals surface area contributed by atoms with Crippen LogP contribution < -0.4 is 0 Å². The van der Waals surface area contributed by atoms with E-state index in [1.54, 1.807) is 0 Å². The molecule has 2 unspecified atom stereocenters. The molecule has 2 aromatic carbocycles. The maximum Gasteiger partial charge on any atom is 0.0233 e. The predicted molar refractivity (Wildman–Crippen MR) is 103 cm³/mol. The van der Waals surface area contributed by atoms with Crippen molar-refractivity contribution < 1.29 is 0 Å². The molecule has 1 aliphatic rings. The molecule has 2 aromatic rings. The van der Waals surface area contributed by atoms with Gasteiger partial charge in [0.15, 0.2) is 0 Å². The first kappa shape index (κ1) is 17.2. The van der Waals surface area contributed by atoms with E-state index in [0.29, 0.717) is 6.04 Å². The van der Waals surface area contributed by atoms with Crippen molar-refractivity contribution in [3.63, 3.8) is 0 Å². The Hall–Kier alpha value is -1.60. The molecule has 1 nitrogen and oxygen atoms in total. The molecule has 0 amide bonds. The highest BCUT2D eigenvalue weighted by atomic mass is 15.1. The van der Waals surface area contributed by atoms with Crippen molar-refractivity contribution in [3.8, 4) is 0 Å². The second kappa shape index (κ2) is 7.11. The van der Waals surface area contributed by atoms with Crippen molar-refractivity contribution >= 4 is 0 Å². The summed E-state index contributed by atoms with van der Waals surface area (Å²) in [6.07, 6.45) is 3.92. The molecule has 0 saturated heterocycles. The zero-order chi connectivity index (χ0) is 17.2. The van der Waals surface area contributed by atoms with E-state index < -0.39 is 0 Å². The maximum atomic E-state index is 2.54. The molecule has 0 aliphatic heterocycles. The second-order valence-corrected chi connectivity index (χ2v) is 8.44. The summed E-state index contributed by atoms with van der Waals surface area (Å²) >= 11 is 0. The molecule has 3 rings (SSSR count). The normalized spacial score (nSPS) is 21.4. The number of nitrogens with zero attached hydrogens (tertiary/aromatic N) is 1. The van der Waals surface area contributed by atoms with Crippen molar-refractivity contribution in [2.24, 2.45) is 0 Å². The minimum atomic E-state index is 0.243. The van der Waals surface area contributed by atoms with Gasteiger partial charge in [0, 0.05) is 12.6 Å². The van der Waals surface area contributed by atoms with E-state index in [2.05, 4.69) is 87.3 Å². The third-order valence-electron chi connectivity index (χ3n) is 5.55. The fraction of sp³-hybridized carbons (Fsp3) is 0.478. The van der Waals surface area contributed by atoms with Gasteiger partial charge in [-0.1, -0.05) is 75.4 Å². The quantitative estimate of drug-likeness (QED) is 0.693. The molecule has 2 atom stereocenters. The average Bonchev–Trinajstić information content (AvgIpc) is 3.05. The molecule has 128 valence electrons. The Morgan fingerprint density at radius 2 is 1.58 bits per heavy atom. The van der Waals surface area contributed by atoms with E-state index in [0.717, 1.165) is 12.5 Å². The first-order valence-corrected chi connectivity index (χ1v) is 9.28. The number of benzene rings is 2. The van der Waals surface area contributed by atoms with Crippen LogP contribution in [0.25, 0.3) is 0 Å². The molecule has 0 N–H and O–H groups in total. The summed E-state index contributed by atoms with van der Waals surface area (Å²) in [6.45, 7) is 7.91. The van der Waals surface area contributed by atoms with Gasteiger partial charge in [-0.2, -0.15) is 0 Å². The molecule has 24 heavy (non-hydrogen) atoms. The zero-order valence-corrected chi connectivity index (χ0v) is 15.6. The molecule has 0 spiro atoms. The molecule has 1 saturated carbocycles. The van der Waals surface area contributed by atoms with Gasteiger partial charge >= 0.3 is 0 Å². The van der Waals surface area contributed by atoms with Gasteiger partial charge in [-0.15, -0.1) is 0 Å². The largest absolute Gasteiger partial charge is 0.299 e.